The summed E-state index contributed by atoms with van der Waals surface area (Å²) < 4.78 is 0. The first-order valence-electron chi connectivity index (χ1n) is 11.2. The smallest absolute Gasteiger partial charge is 0.306 e. The van der Waals surface area contributed by atoms with Gasteiger partial charge in [-0.25, -0.2) is 0 Å². The molecule has 1 fully saturated rings. The molecule has 170 valence electrons. The van der Waals surface area contributed by atoms with E-state index in [0.29, 0.717) is 25.0 Å². The maximum atomic E-state index is 11.0. The molecule has 0 aliphatic heterocycles. The molecule has 1 aliphatic carbocycles. The van der Waals surface area contributed by atoms with Gasteiger partial charge in [-0.15, -0.1) is 0 Å². The van der Waals surface area contributed by atoms with Crippen LogP contribution in [0.5, 0.6) is 0 Å². The Labute approximate surface area is 194 Å². The standard InChI is InChI=1S/C27H29N3O3/c1-17-5-3-4-6-24(17)25(16-26(30-33)20-11-12-28-18(2)13-20)19-7-9-22(10-8-19)29-23-14-21(15-23)27(31)32/h3-13,21,23,25,29,33H,14-16H2,1-2H3,(H,31,32)/b30-26+/t21-,23-,25-/m1/s1. The van der Waals surface area contributed by atoms with E-state index < -0.39 is 5.97 Å². The number of carboxylic acids is 1. The zero-order valence-corrected chi connectivity index (χ0v) is 18.9. The Bertz CT molecular complexity index is 1150. The predicted octanol–water partition coefficient (Wildman–Crippen LogP) is 5.37. The van der Waals surface area contributed by atoms with Crippen LogP contribution in [-0.2, 0) is 4.79 Å². The summed E-state index contributed by atoms with van der Waals surface area (Å²) in [5.41, 5.74) is 6.83. The number of anilines is 1. The maximum absolute atomic E-state index is 11.0. The minimum Gasteiger partial charge on any atom is -0.481 e. The fourth-order valence-corrected chi connectivity index (χ4v) is 4.50. The van der Waals surface area contributed by atoms with Gasteiger partial charge in [0.25, 0.3) is 0 Å². The Kier molecular flexibility index (Phi) is 6.73. The molecule has 0 radical (unpaired) electrons. The van der Waals surface area contributed by atoms with Gasteiger partial charge in [0.2, 0.25) is 0 Å². The number of benzene rings is 2. The van der Waals surface area contributed by atoms with Gasteiger partial charge in [-0.3, -0.25) is 9.78 Å². The van der Waals surface area contributed by atoms with E-state index in [9.17, 15) is 10.0 Å². The quantitative estimate of drug-likeness (QED) is 0.247. The number of aliphatic carboxylic acids is 1. The lowest BCUT2D eigenvalue weighted by atomic mass is 9.80. The number of oxime groups is 1. The summed E-state index contributed by atoms with van der Waals surface area (Å²) in [6.45, 7) is 4.02. The first kappa shape index (κ1) is 22.5. The van der Waals surface area contributed by atoms with Crippen LogP contribution in [0.25, 0.3) is 0 Å². The van der Waals surface area contributed by atoms with Crippen LogP contribution in [0.2, 0.25) is 0 Å². The average Bonchev–Trinajstić information content (AvgIpc) is 2.78. The van der Waals surface area contributed by atoms with Crippen molar-refractivity contribution in [1.82, 2.24) is 4.98 Å². The normalized spacial score (nSPS) is 18.9. The zero-order valence-electron chi connectivity index (χ0n) is 18.9. The van der Waals surface area contributed by atoms with E-state index in [-0.39, 0.29) is 17.9 Å². The van der Waals surface area contributed by atoms with Crippen LogP contribution in [0, 0.1) is 19.8 Å². The first-order valence-corrected chi connectivity index (χ1v) is 11.2. The predicted molar refractivity (Wildman–Crippen MR) is 129 cm³/mol. The highest BCUT2D eigenvalue weighted by molar-refractivity contribution is 6.01. The number of carbonyl (C=O) groups is 1. The van der Waals surface area contributed by atoms with Crippen LogP contribution >= 0.6 is 0 Å². The second-order valence-electron chi connectivity index (χ2n) is 8.82. The summed E-state index contributed by atoms with van der Waals surface area (Å²) >= 11 is 0. The van der Waals surface area contributed by atoms with Crippen molar-refractivity contribution in [1.29, 1.82) is 0 Å². The number of rotatable bonds is 8. The van der Waals surface area contributed by atoms with Crippen LogP contribution in [-0.4, -0.2) is 33.0 Å². The van der Waals surface area contributed by atoms with Gasteiger partial charge in [0.1, 0.15) is 0 Å². The maximum Gasteiger partial charge on any atom is 0.306 e. The van der Waals surface area contributed by atoms with Gasteiger partial charge in [-0.2, -0.15) is 0 Å². The van der Waals surface area contributed by atoms with Crippen LogP contribution in [0.4, 0.5) is 5.69 Å². The Morgan fingerprint density at radius 3 is 2.48 bits per heavy atom. The third-order valence-electron chi connectivity index (χ3n) is 6.48. The number of nitrogens with zero attached hydrogens (tertiary/aromatic N) is 2. The van der Waals surface area contributed by atoms with Crippen LogP contribution in [0.15, 0.2) is 72.0 Å². The van der Waals surface area contributed by atoms with E-state index in [1.165, 1.54) is 11.1 Å². The molecule has 6 heteroatoms. The van der Waals surface area contributed by atoms with Crippen molar-refractivity contribution in [2.45, 2.75) is 45.1 Å². The van der Waals surface area contributed by atoms with Gasteiger partial charge in [0.05, 0.1) is 11.6 Å². The van der Waals surface area contributed by atoms with Crippen molar-refractivity contribution in [2.75, 3.05) is 5.32 Å². The molecule has 3 N–H and O–H groups in total. The molecule has 4 rings (SSSR count). The molecule has 0 amide bonds. The average molecular weight is 444 g/mol. The molecule has 0 spiro atoms. The van der Waals surface area contributed by atoms with E-state index in [4.69, 9.17) is 5.11 Å². The summed E-state index contributed by atoms with van der Waals surface area (Å²) in [7, 11) is 0. The number of aryl methyl sites for hydroxylation is 2. The second kappa shape index (κ2) is 9.86. The number of aromatic nitrogens is 1. The van der Waals surface area contributed by atoms with E-state index in [0.717, 1.165) is 22.5 Å². The lowest BCUT2D eigenvalue weighted by Crippen LogP contribution is -2.39. The lowest BCUT2D eigenvalue weighted by molar-refractivity contribution is -0.144. The summed E-state index contributed by atoms with van der Waals surface area (Å²) in [5.74, 6) is -0.935. The number of hydrogen-bond acceptors (Lipinski definition) is 5. The van der Waals surface area contributed by atoms with Crippen molar-refractivity contribution in [3.8, 4) is 0 Å². The summed E-state index contributed by atoms with van der Waals surface area (Å²) in [5, 5.41) is 26.0. The third-order valence-corrected chi connectivity index (χ3v) is 6.48. The van der Waals surface area contributed by atoms with Crippen LogP contribution in [0.3, 0.4) is 0 Å². The Morgan fingerprint density at radius 2 is 1.85 bits per heavy atom. The van der Waals surface area contributed by atoms with E-state index >= 15 is 0 Å². The van der Waals surface area contributed by atoms with Gasteiger partial charge in [0, 0.05) is 41.5 Å². The lowest BCUT2D eigenvalue weighted by Gasteiger charge is -2.33. The fourth-order valence-electron chi connectivity index (χ4n) is 4.50. The van der Waals surface area contributed by atoms with Crippen molar-refractivity contribution in [2.24, 2.45) is 11.1 Å². The zero-order chi connectivity index (χ0) is 23.4. The molecular formula is C27H29N3O3. The molecule has 0 bridgehead atoms. The highest BCUT2D eigenvalue weighted by Gasteiger charge is 2.34. The Hall–Kier alpha value is -3.67. The number of carboxylic acid groups (broad SMARTS) is 1. The monoisotopic (exact) mass is 443 g/mol. The highest BCUT2D eigenvalue weighted by atomic mass is 16.4. The number of nitrogens with one attached hydrogen (secondary N) is 1. The Balaban J connectivity index is 1.58. The summed E-state index contributed by atoms with van der Waals surface area (Å²) in [6.07, 6.45) is 3.59. The minimum atomic E-state index is -0.713. The van der Waals surface area contributed by atoms with E-state index in [1.807, 2.05) is 43.3 Å². The Morgan fingerprint density at radius 1 is 1.12 bits per heavy atom. The summed E-state index contributed by atoms with van der Waals surface area (Å²) in [4.78, 5) is 15.3. The van der Waals surface area contributed by atoms with Gasteiger partial charge in [0.15, 0.2) is 0 Å². The van der Waals surface area contributed by atoms with Crippen molar-refractivity contribution >= 4 is 17.4 Å². The van der Waals surface area contributed by atoms with Gasteiger partial charge >= 0.3 is 5.97 Å². The minimum absolute atomic E-state index is 0.0136. The molecule has 6 nitrogen and oxygen atoms in total. The van der Waals surface area contributed by atoms with Gasteiger partial charge in [-0.1, -0.05) is 41.6 Å². The molecule has 1 aromatic heterocycles. The van der Waals surface area contributed by atoms with E-state index in [1.54, 1.807) is 6.20 Å². The fraction of sp³-hybridized carbons (Fsp3) is 0.296. The first-order chi connectivity index (χ1) is 15.9. The molecule has 1 aliphatic rings. The summed E-state index contributed by atoms with van der Waals surface area (Å²) in [6, 6.07) is 20.6. The molecule has 0 saturated heterocycles. The molecule has 1 atom stereocenters. The van der Waals surface area contributed by atoms with Crippen molar-refractivity contribution in [3.05, 3.63) is 94.8 Å². The number of hydrogen-bond donors (Lipinski definition) is 3. The molecule has 1 heterocycles. The SMILES string of the molecule is Cc1cc(/C(C[C@H](c2ccc(N[C@H]3C[C@H](C(=O)O)C3)cc2)c2ccccc2C)=N/O)ccn1. The third kappa shape index (κ3) is 5.22. The van der Waals surface area contributed by atoms with Crippen molar-refractivity contribution in [3.63, 3.8) is 0 Å². The van der Waals surface area contributed by atoms with Crippen LogP contribution < -0.4 is 5.32 Å². The molecule has 0 unspecified atom stereocenters. The molecular weight excluding hydrogens is 414 g/mol. The van der Waals surface area contributed by atoms with Crippen LogP contribution in [0.1, 0.15) is 53.1 Å². The molecule has 3 aromatic rings. The van der Waals surface area contributed by atoms with Crippen molar-refractivity contribution < 1.29 is 15.1 Å². The van der Waals surface area contributed by atoms with Gasteiger partial charge in [-0.05, 0) is 67.6 Å². The van der Waals surface area contributed by atoms with Gasteiger partial charge < -0.3 is 15.6 Å². The largest absolute Gasteiger partial charge is 0.481 e. The highest BCUT2D eigenvalue weighted by Crippen LogP contribution is 2.34. The van der Waals surface area contributed by atoms with E-state index in [2.05, 4.69) is 46.6 Å². The number of pyridine rings is 1. The molecule has 33 heavy (non-hydrogen) atoms. The molecule has 2 aromatic carbocycles. The topological polar surface area (TPSA) is 94.8 Å². The second-order valence-corrected chi connectivity index (χ2v) is 8.82. The molecule has 1 saturated carbocycles.